The zero-order valence-corrected chi connectivity index (χ0v) is 16.7. The van der Waals surface area contributed by atoms with E-state index in [4.69, 9.17) is 29.8 Å². The van der Waals surface area contributed by atoms with Crippen molar-refractivity contribution in [3.05, 3.63) is 11.4 Å². The third kappa shape index (κ3) is 5.89. The minimum atomic E-state index is -1.05. The van der Waals surface area contributed by atoms with Crippen molar-refractivity contribution >= 4 is 16.2 Å². The molecule has 0 aromatic rings. The fourth-order valence-corrected chi connectivity index (χ4v) is 4.66. The van der Waals surface area contributed by atoms with Crippen LogP contribution in [-0.2, 0) is 23.3 Å². The molecule has 0 radical (unpaired) electrons. The molecule has 8 heteroatoms. The summed E-state index contributed by atoms with van der Waals surface area (Å²) in [5.74, 6) is 0. The number of methoxy groups -OCH3 is 1. The predicted octanol–water partition coefficient (Wildman–Crippen LogP) is 2.36. The van der Waals surface area contributed by atoms with Crippen LogP contribution in [0.1, 0.15) is 39.0 Å². The molecule has 2 aliphatic rings. The van der Waals surface area contributed by atoms with E-state index in [1.807, 2.05) is 6.66 Å². The number of rotatable bonds is 9. The summed E-state index contributed by atoms with van der Waals surface area (Å²) in [4.78, 5) is 3.31. The van der Waals surface area contributed by atoms with Gasteiger partial charge in [0, 0.05) is 13.8 Å². The summed E-state index contributed by atoms with van der Waals surface area (Å²) in [6.07, 6.45) is 5.33. The molecule has 0 aromatic heterocycles. The molecule has 2 fully saturated rings. The molecule has 1 heterocycles. The van der Waals surface area contributed by atoms with Gasteiger partial charge in [-0.15, -0.1) is 0 Å². The van der Waals surface area contributed by atoms with Gasteiger partial charge in [0.05, 0.1) is 24.3 Å². The molecule has 0 bridgehead atoms. The van der Waals surface area contributed by atoms with Crippen LogP contribution in [0.15, 0.2) is 0 Å². The Labute approximate surface area is 154 Å². The smallest absolute Gasteiger partial charge is 0.238 e. The molecule has 0 spiro atoms. The van der Waals surface area contributed by atoms with Crippen LogP contribution < -0.4 is 0 Å². The maximum absolute atomic E-state index is 6.83. The zero-order chi connectivity index (χ0) is 18.2. The van der Waals surface area contributed by atoms with Gasteiger partial charge in [0.2, 0.25) is 6.54 Å². The highest BCUT2D eigenvalue weighted by molar-refractivity contribution is 7.46. The monoisotopic (exact) mass is 371 g/mol. The van der Waals surface area contributed by atoms with Crippen molar-refractivity contribution in [2.45, 2.75) is 75.6 Å². The van der Waals surface area contributed by atoms with Crippen molar-refractivity contribution < 1.29 is 23.3 Å². The average molecular weight is 371 g/mol. The van der Waals surface area contributed by atoms with Crippen molar-refractivity contribution in [3.63, 3.8) is 0 Å². The van der Waals surface area contributed by atoms with Gasteiger partial charge in [0.15, 0.2) is 8.38 Å². The van der Waals surface area contributed by atoms with Gasteiger partial charge in [-0.1, -0.05) is 19.8 Å². The first kappa shape index (κ1) is 21.1. The molecular formula is C17H31BNO5P. The Balaban J connectivity index is 1.98. The molecule has 0 N–H and O–H groups in total. The first-order valence-corrected chi connectivity index (χ1v) is 10.9. The second-order valence-corrected chi connectivity index (χ2v) is 8.06. The topological polar surface area (TPSA) is 50.5 Å². The van der Waals surface area contributed by atoms with Gasteiger partial charge in [0.25, 0.3) is 0 Å². The first-order valence-electron chi connectivity index (χ1n) is 9.31. The highest BCUT2D eigenvalue weighted by Crippen LogP contribution is 2.41. The summed E-state index contributed by atoms with van der Waals surface area (Å²) in [5.41, 5.74) is 0. The minimum Gasteiger partial charge on any atom is -0.379 e. The van der Waals surface area contributed by atoms with Gasteiger partial charge in [-0.3, -0.25) is 0 Å². The zero-order valence-electron chi connectivity index (χ0n) is 15.8. The average Bonchev–Trinajstić information content (AvgIpc) is 2.91. The third-order valence-electron chi connectivity index (χ3n) is 4.97. The van der Waals surface area contributed by atoms with Gasteiger partial charge in [0.1, 0.15) is 26.7 Å². The SMILES string of the molecule is B[C@@H]1O[C@H](CC)C(OP(C)OCC[N+]#[C-])[C@@H]1O[C@@H]1CCCC[C@H]1OC. The lowest BCUT2D eigenvalue weighted by Crippen LogP contribution is -2.44. The Morgan fingerprint density at radius 1 is 1.24 bits per heavy atom. The summed E-state index contributed by atoms with van der Waals surface area (Å²) < 4.78 is 30.0. The molecule has 7 atom stereocenters. The van der Waals surface area contributed by atoms with E-state index in [2.05, 4.69) is 19.6 Å². The predicted molar refractivity (Wildman–Crippen MR) is 101 cm³/mol. The maximum Gasteiger partial charge on any atom is 0.238 e. The van der Waals surface area contributed by atoms with Gasteiger partial charge >= 0.3 is 0 Å². The maximum atomic E-state index is 6.83. The third-order valence-corrected chi connectivity index (χ3v) is 6.05. The minimum absolute atomic E-state index is 0.0129. The van der Waals surface area contributed by atoms with Crippen LogP contribution >= 0.6 is 8.38 Å². The summed E-state index contributed by atoms with van der Waals surface area (Å²) in [5, 5.41) is 0. The van der Waals surface area contributed by atoms with Gasteiger partial charge in [-0.25, -0.2) is 6.57 Å². The van der Waals surface area contributed by atoms with Crippen molar-refractivity contribution in [2.24, 2.45) is 0 Å². The summed E-state index contributed by atoms with van der Waals surface area (Å²) in [6, 6.07) is -0.0129. The lowest BCUT2D eigenvalue weighted by Gasteiger charge is -2.35. The molecule has 0 amide bonds. The molecular weight excluding hydrogens is 340 g/mol. The Hall–Kier alpha value is -0.215. The van der Waals surface area contributed by atoms with E-state index in [0.29, 0.717) is 13.2 Å². The summed E-state index contributed by atoms with van der Waals surface area (Å²) in [7, 11) is 2.77. The number of hydrogen-bond acceptors (Lipinski definition) is 5. The van der Waals surface area contributed by atoms with E-state index >= 15 is 0 Å². The normalized spacial score (nSPS) is 36.9. The van der Waals surface area contributed by atoms with Crippen LogP contribution in [0.4, 0.5) is 0 Å². The molecule has 2 unspecified atom stereocenters. The number of hydrogen-bond donors (Lipinski definition) is 0. The quantitative estimate of drug-likeness (QED) is 0.270. The number of nitrogens with zero attached hydrogens (tertiary/aromatic N) is 1. The van der Waals surface area contributed by atoms with Crippen LogP contribution in [0.3, 0.4) is 0 Å². The van der Waals surface area contributed by atoms with Crippen LogP contribution in [0, 0.1) is 6.57 Å². The Morgan fingerprint density at radius 2 is 1.96 bits per heavy atom. The fraction of sp³-hybridized carbons (Fsp3) is 0.941. The largest absolute Gasteiger partial charge is 0.379 e. The van der Waals surface area contributed by atoms with Gasteiger partial charge in [-0.05, 0) is 19.3 Å². The first-order chi connectivity index (χ1) is 12.1. The summed E-state index contributed by atoms with van der Waals surface area (Å²) in [6.45, 7) is 11.6. The second-order valence-electron chi connectivity index (χ2n) is 6.71. The van der Waals surface area contributed by atoms with E-state index in [1.54, 1.807) is 7.11 Å². The molecule has 1 saturated heterocycles. The van der Waals surface area contributed by atoms with E-state index in [9.17, 15) is 0 Å². The Morgan fingerprint density at radius 3 is 2.60 bits per heavy atom. The van der Waals surface area contributed by atoms with Gasteiger partial charge in [-0.2, -0.15) is 0 Å². The molecule has 1 saturated carbocycles. The molecule has 142 valence electrons. The van der Waals surface area contributed by atoms with Crippen molar-refractivity contribution in [1.82, 2.24) is 0 Å². The Bertz CT molecular complexity index is 438. The molecule has 25 heavy (non-hydrogen) atoms. The van der Waals surface area contributed by atoms with Crippen LogP contribution in [-0.4, -0.2) is 71.3 Å². The number of ether oxygens (including phenoxy) is 3. The van der Waals surface area contributed by atoms with E-state index in [0.717, 1.165) is 19.3 Å². The van der Waals surface area contributed by atoms with Gasteiger partial charge < -0.3 is 28.1 Å². The van der Waals surface area contributed by atoms with Crippen LogP contribution in [0.5, 0.6) is 0 Å². The highest BCUT2D eigenvalue weighted by Gasteiger charge is 2.46. The van der Waals surface area contributed by atoms with Crippen LogP contribution in [0.25, 0.3) is 4.85 Å². The molecule has 0 aromatic carbocycles. The Kier molecular flexibility index (Phi) is 9.13. The molecule has 1 aliphatic carbocycles. The second kappa shape index (κ2) is 10.8. The molecule has 6 nitrogen and oxygen atoms in total. The van der Waals surface area contributed by atoms with E-state index < -0.39 is 8.38 Å². The lowest BCUT2D eigenvalue weighted by atomic mass is 9.90. The van der Waals surface area contributed by atoms with Crippen LogP contribution in [0.2, 0.25) is 0 Å². The van der Waals surface area contributed by atoms with E-state index in [-0.39, 0.29) is 36.5 Å². The summed E-state index contributed by atoms with van der Waals surface area (Å²) >= 11 is 0. The molecule has 1 aliphatic heterocycles. The highest BCUT2D eigenvalue weighted by atomic mass is 31.2. The standard InChI is InChI=1S/C17H31BNO5P/c1-5-12-15(24-25(4)21-11-10-19-2)16(17(18)23-12)22-14-9-7-6-8-13(14)20-3/h12-17H,5-11,18H2,1,3-4H3/t12-,13-,14-,15?,16+,17-,25?/m1/s1. The molecule has 2 rings (SSSR count). The fourth-order valence-electron chi connectivity index (χ4n) is 3.66. The van der Waals surface area contributed by atoms with Crippen molar-refractivity contribution in [1.29, 1.82) is 0 Å². The lowest BCUT2D eigenvalue weighted by molar-refractivity contribution is -0.127. The van der Waals surface area contributed by atoms with E-state index in [1.165, 1.54) is 12.8 Å². The van der Waals surface area contributed by atoms with Crippen molar-refractivity contribution in [2.75, 3.05) is 26.9 Å². The van der Waals surface area contributed by atoms with Crippen molar-refractivity contribution in [3.8, 4) is 0 Å².